The Morgan fingerprint density at radius 2 is 2.06 bits per heavy atom. The summed E-state index contributed by atoms with van der Waals surface area (Å²) >= 11 is 0. The fraction of sp³-hybridized carbons (Fsp3) is 0.750. The number of ether oxygens (including phenoxy) is 1. The summed E-state index contributed by atoms with van der Waals surface area (Å²) in [6, 6.07) is 0. The van der Waals surface area contributed by atoms with Gasteiger partial charge in [-0.3, -0.25) is 4.68 Å². The second kappa shape index (κ2) is 3.74. The highest BCUT2D eigenvalue weighted by molar-refractivity contribution is 5.39. The smallest absolute Gasteiger partial charge is 0.272 e. The summed E-state index contributed by atoms with van der Waals surface area (Å²) in [6.07, 6.45) is 3.02. The number of aryl methyl sites for hydroxylation is 1. The Hall–Kier alpha value is -1.01. The summed E-state index contributed by atoms with van der Waals surface area (Å²) in [5.41, 5.74) is 5.58. The molecule has 2 N–H and O–H groups in total. The summed E-state index contributed by atoms with van der Waals surface area (Å²) < 4.78 is 33.8. The molecule has 18 heavy (non-hydrogen) atoms. The molecular weight excluding hydrogens is 240 g/mol. The van der Waals surface area contributed by atoms with E-state index in [9.17, 15) is 8.78 Å². The van der Waals surface area contributed by atoms with Gasteiger partial charge in [0.15, 0.2) is 0 Å². The van der Waals surface area contributed by atoms with Crippen molar-refractivity contribution >= 4 is 0 Å². The third-order valence-corrected chi connectivity index (χ3v) is 3.97. The van der Waals surface area contributed by atoms with Crippen LogP contribution in [0.2, 0.25) is 0 Å². The van der Waals surface area contributed by atoms with Gasteiger partial charge in [0.05, 0.1) is 5.69 Å². The van der Waals surface area contributed by atoms with Crippen molar-refractivity contribution in [2.45, 2.75) is 36.6 Å². The third kappa shape index (κ3) is 1.66. The van der Waals surface area contributed by atoms with Gasteiger partial charge in [-0.05, 0) is 12.8 Å². The minimum Gasteiger partial charge on any atom is -0.381 e. The van der Waals surface area contributed by atoms with Crippen LogP contribution in [0.3, 0.4) is 0 Å². The van der Waals surface area contributed by atoms with E-state index in [1.165, 1.54) is 0 Å². The van der Waals surface area contributed by atoms with Crippen LogP contribution in [-0.4, -0.2) is 28.9 Å². The van der Waals surface area contributed by atoms with Crippen molar-refractivity contribution in [2.24, 2.45) is 12.8 Å². The van der Waals surface area contributed by atoms with E-state index >= 15 is 0 Å². The number of hydrogen-bond donors (Lipinski definition) is 1. The van der Waals surface area contributed by atoms with Gasteiger partial charge in [0.25, 0.3) is 5.92 Å². The maximum atomic E-state index is 13.4. The number of nitrogens with zero attached hydrogens (tertiary/aromatic N) is 2. The number of nitrogens with two attached hydrogens (primary N) is 1. The maximum Gasteiger partial charge on any atom is 0.272 e. The first-order valence-electron chi connectivity index (χ1n) is 6.22. The average Bonchev–Trinajstić information content (AvgIpc) is 2.70. The van der Waals surface area contributed by atoms with Gasteiger partial charge < -0.3 is 10.5 Å². The molecule has 2 aliphatic rings. The summed E-state index contributed by atoms with van der Waals surface area (Å²) in [7, 11) is 1.75. The lowest BCUT2D eigenvalue weighted by Gasteiger charge is -2.22. The molecule has 1 aliphatic heterocycles. The zero-order valence-electron chi connectivity index (χ0n) is 10.3. The van der Waals surface area contributed by atoms with E-state index in [1.807, 2.05) is 0 Å². The van der Waals surface area contributed by atoms with Gasteiger partial charge in [-0.15, -0.1) is 0 Å². The largest absolute Gasteiger partial charge is 0.381 e. The number of aromatic nitrogens is 2. The van der Waals surface area contributed by atoms with E-state index in [4.69, 9.17) is 10.5 Å². The first-order valence-corrected chi connectivity index (χ1v) is 6.22. The first kappa shape index (κ1) is 12.0. The zero-order chi connectivity index (χ0) is 13.0. The molecule has 1 saturated heterocycles. The van der Waals surface area contributed by atoms with E-state index in [2.05, 4.69) is 5.10 Å². The Morgan fingerprint density at radius 3 is 2.61 bits per heavy atom. The molecule has 1 aliphatic carbocycles. The summed E-state index contributed by atoms with van der Waals surface area (Å²) in [5.74, 6) is -2.61. The minimum atomic E-state index is -2.80. The highest BCUT2D eigenvalue weighted by Gasteiger charge is 2.71. The molecule has 1 aromatic heterocycles. The normalized spacial score (nSPS) is 31.6. The van der Waals surface area contributed by atoms with Crippen molar-refractivity contribution in [3.05, 3.63) is 17.5 Å². The molecule has 0 aromatic carbocycles. The molecule has 3 rings (SSSR count). The standard InChI is InChI=1S/C12H17F2N3O/c1-17-6-9(11(15)7-12(11,13)14)10(16-17)8-2-4-18-5-3-8/h6,8H,2-5,7,15H2,1H3. The molecule has 6 heteroatoms. The molecule has 1 unspecified atom stereocenters. The van der Waals surface area contributed by atoms with Crippen molar-refractivity contribution in [1.29, 1.82) is 0 Å². The van der Waals surface area contributed by atoms with Crippen molar-refractivity contribution in [3.63, 3.8) is 0 Å². The zero-order valence-corrected chi connectivity index (χ0v) is 10.3. The van der Waals surface area contributed by atoms with E-state index < -0.39 is 11.5 Å². The third-order valence-electron chi connectivity index (χ3n) is 3.97. The molecule has 0 spiro atoms. The monoisotopic (exact) mass is 257 g/mol. The van der Waals surface area contributed by atoms with Crippen LogP contribution in [0.5, 0.6) is 0 Å². The van der Waals surface area contributed by atoms with Crippen LogP contribution in [0.15, 0.2) is 6.20 Å². The average molecular weight is 257 g/mol. The molecule has 4 nitrogen and oxygen atoms in total. The van der Waals surface area contributed by atoms with E-state index in [-0.39, 0.29) is 12.3 Å². The van der Waals surface area contributed by atoms with Crippen LogP contribution in [0.1, 0.15) is 36.4 Å². The Morgan fingerprint density at radius 1 is 1.44 bits per heavy atom. The van der Waals surface area contributed by atoms with Crippen molar-refractivity contribution in [3.8, 4) is 0 Å². The molecule has 0 bridgehead atoms. The number of alkyl halides is 2. The molecule has 100 valence electrons. The topological polar surface area (TPSA) is 53.1 Å². The lowest BCUT2D eigenvalue weighted by atomic mass is 9.91. The Bertz CT molecular complexity index is 468. The van der Waals surface area contributed by atoms with Crippen molar-refractivity contribution in [1.82, 2.24) is 9.78 Å². The highest BCUT2D eigenvalue weighted by Crippen LogP contribution is 2.58. The van der Waals surface area contributed by atoms with Crippen LogP contribution in [0, 0.1) is 0 Å². The summed E-state index contributed by atoms with van der Waals surface area (Å²) in [6.45, 7) is 1.32. The summed E-state index contributed by atoms with van der Waals surface area (Å²) in [5, 5.41) is 4.35. The predicted octanol–water partition coefficient (Wildman–Crippen LogP) is 1.51. The van der Waals surface area contributed by atoms with Crippen LogP contribution >= 0.6 is 0 Å². The number of hydrogen-bond acceptors (Lipinski definition) is 3. The Kier molecular flexibility index (Phi) is 2.50. The molecule has 2 fully saturated rings. The van der Waals surface area contributed by atoms with Gasteiger partial charge in [-0.25, -0.2) is 8.78 Å². The molecule has 0 radical (unpaired) electrons. The van der Waals surface area contributed by atoms with Gasteiger partial charge in [-0.1, -0.05) is 0 Å². The molecule has 1 saturated carbocycles. The summed E-state index contributed by atoms with van der Waals surface area (Å²) in [4.78, 5) is 0. The fourth-order valence-electron chi connectivity index (χ4n) is 2.72. The first-order chi connectivity index (χ1) is 8.44. The van der Waals surface area contributed by atoms with Gasteiger partial charge in [0, 0.05) is 44.4 Å². The van der Waals surface area contributed by atoms with E-state index in [0.29, 0.717) is 18.8 Å². The van der Waals surface area contributed by atoms with Crippen molar-refractivity contribution < 1.29 is 13.5 Å². The van der Waals surface area contributed by atoms with Gasteiger partial charge in [0.2, 0.25) is 0 Å². The van der Waals surface area contributed by atoms with Crippen LogP contribution in [0.4, 0.5) is 8.78 Å². The quantitative estimate of drug-likeness (QED) is 0.873. The minimum absolute atomic E-state index is 0.187. The van der Waals surface area contributed by atoms with E-state index in [1.54, 1.807) is 17.9 Å². The van der Waals surface area contributed by atoms with Crippen LogP contribution in [-0.2, 0) is 17.3 Å². The van der Waals surface area contributed by atoms with Crippen molar-refractivity contribution in [2.75, 3.05) is 13.2 Å². The molecular formula is C12H17F2N3O. The Balaban J connectivity index is 1.95. The predicted molar refractivity (Wildman–Crippen MR) is 61.4 cm³/mol. The van der Waals surface area contributed by atoms with E-state index in [0.717, 1.165) is 18.5 Å². The van der Waals surface area contributed by atoms with Gasteiger partial charge in [-0.2, -0.15) is 5.10 Å². The highest BCUT2D eigenvalue weighted by atomic mass is 19.3. The second-order valence-corrected chi connectivity index (χ2v) is 5.34. The number of halogens is 2. The molecule has 0 amide bonds. The molecule has 1 aromatic rings. The lowest BCUT2D eigenvalue weighted by Crippen LogP contribution is -2.29. The molecule has 1 atom stereocenters. The van der Waals surface area contributed by atoms with Gasteiger partial charge in [0.1, 0.15) is 5.54 Å². The van der Waals surface area contributed by atoms with Crippen LogP contribution in [0.25, 0.3) is 0 Å². The Labute approximate surface area is 104 Å². The molecule has 2 heterocycles. The fourth-order valence-corrected chi connectivity index (χ4v) is 2.72. The number of rotatable bonds is 2. The van der Waals surface area contributed by atoms with Crippen LogP contribution < -0.4 is 5.73 Å². The van der Waals surface area contributed by atoms with Gasteiger partial charge >= 0.3 is 0 Å². The SMILES string of the molecule is Cn1cc(C2(N)CC2(F)F)c(C2CCOCC2)n1. The second-order valence-electron chi connectivity index (χ2n) is 5.34. The maximum absolute atomic E-state index is 13.4. The lowest BCUT2D eigenvalue weighted by molar-refractivity contribution is 0.0813.